The average molecular weight is 216 g/mol. The molecule has 1 aromatic rings. The molecular formula is C15H20O. The van der Waals surface area contributed by atoms with E-state index in [4.69, 9.17) is 0 Å². The van der Waals surface area contributed by atoms with Crippen molar-refractivity contribution in [2.75, 3.05) is 0 Å². The van der Waals surface area contributed by atoms with Crippen molar-refractivity contribution in [3.63, 3.8) is 0 Å². The van der Waals surface area contributed by atoms with E-state index in [1.165, 1.54) is 5.56 Å². The number of hydrogen-bond donors (Lipinski definition) is 0. The number of benzene rings is 1. The number of carbonyl (C=O) groups is 1. The first-order valence-electron chi connectivity index (χ1n) is 5.90. The SMILES string of the molecule is CC/C(=C\C[C@@H](C)c1ccccc1)C(C)=O. The molecule has 0 aliphatic rings. The average Bonchev–Trinajstić information content (AvgIpc) is 2.30. The highest BCUT2D eigenvalue weighted by atomic mass is 16.1. The Morgan fingerprint density at radius 1 is 1.31 bits per heavy atom. The third-order valence-corrected chi connectivity index (χ3v) is 2.92. The monoisotopic (exact) mass is 216 g/mol. The van der Waals surface area contributed by atoms with Gasteiger partial charge in [-0.3, -0.25) is 4.79 Å². The predicted molar refractivity (Wildman–Crippen MR) is 68.5 cm³/mol. The summed E-state index contributed by atoms with van der Waals surface area (Å²) >= 11 is 0. The Balaban J connectivity index is 2.65. The number of rotatable bonds is 5. The molecule has 0 aliphatic carbocycles. The number of ketones is 1. The van der Waals surface area contributed by atoms with Crippen LogP contribution in [0.4, 0.5) is 0 Å². The highest BCUT2D eigenvalue weighted by Gasteiger charge is 2.05. The van der Waals surface area contributed by atoms with Crippen molar-refractivity contribution >= 4 is 5.78 Å². The highest BCUT2D eigenvalue weighted by molar-refractivity contribution is 5.93. The summed E-state index contributed by atoms with van der Waals surface area (Å²) in [6.45, 7) is 5.86. The molecule has 0 bridgehead atoms. The molecule has 16 heavy (non-hydrogen) atoms. The maximum absolute atomic E-state index is 11.3. The molecular weight excluding hydrogens is 196 g/mol. The van der Waals surface area contributed by atoms with Gasteiger partial charge in [0.2, 0.25) is 0 Å². The highest BCUT2D eigenvalue weighted by Crippen LogP contribution is 2.20. The van der Waals surface area contributed by atoms with Crippen LogP contribution in [0.2, 0.25) is 0 Å². The molecule has 0 amide bonds. The molecule has 0 aliphatic heterocycles. The summed E-state index contributed by atoms with van der Waals surface area (Å²) < 4.78 is 0. The minimum atomic E-state index is 0.197. The first-order chi connectivity index (χ1) is 7.65. The largest absolute Gasteiger partial charge is 0.295 e. The molecule has 1 heteroatoms. The van der Waals surface area contributed by atoms with Crippen LogP contribution < -0.4 is 0 Å². The number of carbonyl (C=O) groups excluding carboxylic acids is 1. The van der Waals surface area contributed by atoms with Gasteiger partial charge in [0.25, 0.3) is 0 Å². The molecule has 0 saturated carbocycles. The van der Waals surface area contributed by atoms with Crippen molar-refractivity contribution < 1.29 is 4.79 Å². The van der Waals surface area contributed by atoms with Gasteiger partial charge < -0.3 is 0 Å². The second kappa shape index (κ2) is 6.26. The molecule has 0 radical (unpaired) electrons. The summed E-state index contributed by atoms with van der Waals surface area (Å²) in [6.07, 6.45) is 3.85. The third-order valence-electron chi connectivity index (χ3n) is 2.92. The molecule has 86 valence electrons. The fourth-order valence-corrected chi connectivity index (χ4v) is 1.77. The molecule has 1 rings (SSSR count). The van der Waals surface area contributed by atoms with Crippen LogP contribution >= 0.6 is 0 Å². The van der Waals surface area contributed by atoms with E-state index in [9.17, 15) is 4.79 Å². The van der Waals surface area contributed by atoms with Gasteiger partial charge in [-0.15, -0.1) is 0 Å². The van der Waals surface area contributed by atoms with Crippen LogP contribution in [0, 0.1) is 0 Å². The van der Waals surface area contributed by atoms with Crippen molar-refractivity contribution in [2.24, 2.45) is 0 Å². The fourth-order valence-electron chi connectivity index (χ4n) is 1.77. The normalized spacial score (nSPS) is 13.6. The van der Waals surface area contributed by atoms with Gasteiger partial charge >= 0.3 is 0 Å². The maximum Gasteiger partial charge on any atom is 0.155 e. The molecule has 0 N–H and O–H groups in total. The summed E-state index contributed by atoms with van der Waals surface area (Å²) in [5.41, 5.74) is 2.28. The second-order valence-electron chi connectivity index (χ2n) is 4.19. The van der Waals surface area contributed by atoms with Crippen molar-refractivity contribution in [1.82, 2.24) is 0 Å². The lowest BCUT2D eigenvalue weighted by molar-refractivity contribution is -0.113. The van der Waals surface area contributed by atoms with Gasteiger partial charge in [0, 0.05) is 0 Å². The Morgan fingerprint density at radius 3 is 2.44 bits per heavy atom. The van der Waals surface area contributed by atoms with Gasteiger partial charge in [-0.1, -0.05) is 50.3 Å². The molecule has 0 aromatic heterocycles. The summed E-state index contributed by atoms with van der Waals surface area (Å²) in [7, 11) is 0. The van der Waals surface area contributed by atoms with Crippen LogP contribution in [0.5, 0.6) is 0 Å². The number of allylic oxidation sites excluding steroid dienone is 2. The summed E-state index contributed by atoms with van der Waals surface area (Å²) in [6, 6.07) is 10.4. The summed E-state index contributed by atoms with van der Waals surface area (Å²) in [4.78, 5) is 11.3. The van der Waals surface area contributed by atoms with Gasteiger partial charge in [0.15, 0.2) is 5.78 Å². The zero-order chi connectivity index (χ0) is 12.0. The summed E-state index contributed by atoms with van der Waals surface area (Å²) in [5.74, 6) is 0.671. The molecule has 0 heterocycles. The number of hydrogen-bond acceptors (Lipinski definition) is 1. The molecule has 0 unspecified atom stereocenters. The van der Waals surface area contributed by atoms with Gasteiger partial charge in [-0.05, 0) is 36.8 Å². The standard InChI is InChI=1S/C15H20O/c1-4-14(13(3)16)11-10-12(2)15-8-6-5-7-9-15/h5-9,11-12H,4,10H2,1-3H3/b14-11+/t12-/m1/s1. The Labute approximate surface area is 98.2 Å². The van der Waals surface area contributed by atoms with E-state index in [1.54, 1.807) is 6.92 Å². The smallest absolute Gasteiger partial charge is 0.155 e. The van der Waals surface area contributed by atoms with Gasteiger partial charge in [0.1, 0.15) is 0 Å². The van der Waals surface area contributed by atoms with E-state index in [0.717, 1.165) is 18.4 Å². The third kappa shape index (κ3) is 3.65. The lowest BCUT2D eigenvalue weighted by Crippen LogP contribution is -1.97. The van der Waals surface area contributed by atoms with Crippen molar-refractivity contribution in [3.8, 4) is 0 Å². The summed E-state index contributed by atoms with van der Waals surface area (Å²) in [5, 5.41) is 0. The molecule has 0 spiro atoms. The van der Waals surface area contributed by atoms with Crippen LogP contribution in [0.1, 0.15) is 45.1 Å². The minimum Gasteiger partial charge on any atom is -0.295 e. The van der Waals surface area contributed by atoms with Gasteiger partial charge in [0.05, 0.1) is 0 Å². The van der Waals surface area contributed by atoms with Gasteiger partial charge in [-0.2, -0.15) is 0 Å². The van der Waals surface area contributed by atoms with E-state index in [-0.39, 0.29) is 5.78 Å². The van der Waals surface area contributed by atoms with Gasteiger partial charge in [-0.25, -0.2) is 0 Å². The Hall–Kier alpha value is -1.37. The fraction of sp³-hybridized carbons (Fsp3) is 0.400. The van der Waals surface area contributed by atoms with Crippen LogP contribution in [-0.2, 0) is 4.79 Å². The van der Waals surface area contributed by atoms with Crippen LogP contribution in [0.25, 0.3) is 0 Å². The van der Waals surface area contributed by atoms with Crippen molar-refractivity contribution in [1.29, 1.82) is 0 Å². The molecule has 1 nitrogen and oxygen atoms in total. The van der Waals surface area contributed by atoms with Crippen LogP contribution in [0.15, 0.2) is 42.0 Å². The lowest BCUT2D eigenvalue weighted by Gasteiger charge is -2.09. The second-order valence-corrected chi connectivity index (χ2v) is 4.19. The van der Waals surface area contributed by atoms with E-state index in [1.807, 2.05) is 13.0 Å². The van der Waals surface area contributed by atoms with E-state index in [0.29, 0.717) is 5.92 Å². The first-order valence-corrected chi connectivity index (χ1v) is 5.90. The minimum absolute atomic E-state index is 0.197. The zero-order valence-corrected chi connectivity index (χ0v) is 10.4. The van der Waals surface area contributed by atoms with Crippen LogP contribution in [-0.4, -0.2) is 5.78 Å². The lowest BCUT2D eigenvalue weighted by atomic mass is 9.96. The van der Waals surface area contributed by atoms with E-state index in [2.05, 4.69) is 37.3 Å². The number of Topliss-reactive ketones (excluding diaryl/α,β-unsaturated/α-hetero) is 1. The molecule has 1 atom stereocenters. The maximum atomic E-state index is 11.3. The molecule has 1 aromatic carbocycles. The quantitative estimate of drug-likeness (QED) is 0.677. The first kappa shape index (κ1) is 12.7. The van der Waals surface area contributed by atoms with Crippen LogP contribution in [0.3, 0.4) is 0 Å². The Morgan fingerprint density at radius 2 is 1.94 bits per heavy atom. The van der Waals surface area contributed by atoms with E-state index < -0.39 is 0 Å². The topological polar surface area (TPSA) is 17.1 Å². The van der Waals surface area contributed by atoms with Crippen molar-refractivity contribution in [2.45, 2.75) is 39.5 Å². The molecule has 0 fully saturated rings. The predicted octanol–water partition coefficient (Wildman–Crippen LogP) is 4.11. The Kier molecular flexibility index (Phi) is 4.97. The zero-order valence-electron chi connectivity index (χ0n) is 10.4. The Bertz CT molecular complexity index is 362. The van der Waals surface area contributed by atoms with E-state index >= 15 is 0 Å². The molecule has 0 saturated heterocycles. The van der Waals surface area contributed by atoms with Crippen molar-refractivity contribution in [3.05, 3.63) is 47.5 Å².